The summed E-state index contributed by atoms with van der Waals surface area (Å²) in [6.07, 6.45) is 28.5. The zero-order chi connectivity index (χ0) is 45.3. The van der Waals surface area contributed by atoms with Crippen molar-refractivity contribution in [3.63, 3.8) is 0 Å². The van der Waals surface area contributed by atoms with Gasteiger partial charge in [0.05, 0.1) is 0 Å². The Kier molecular flexibility index (Phi) is 20.9. The molecule has 0 radical (unpaired) electrons. The Hall–Kier alpha value is -2.96. The molecule has 2 unspecified atom stereocenters. The Balaban J connectivity index is 0.000000328. The minimum absolute atomic E-state index is 0. The fraction of sp³-hybridized carbons (Fsp3) is 0.433. The van der Waals surface area contributed by atoms with E-state index in [0.29, 0.717) is 5.92 Å². The van der Waals surface area contributed by atoms with Crippen LogP contribution in [0.1, 0.15) is 145 Å². The Morgan fingerprint density at radius 1 is 0.667 bits per heavy atom. The molecule has 0 N–H and O–H groups in total. The van der Waals surface area contributed by atoms with E-state index in [1.165, 1.54) is 59.3 Å². The van der Waals surface area contributed by atoms with Gasteiger partial charge in [-0.15, -0.1) is 44.6 Å². The molecule has 2 atom stereocenters. The fourth-order valence-electron chi connectivity index (χ4n) is 10.0. The summed E-state index contributed by atoms with van der Waals surface area (Å²) >= 11 is 1.30. The van der Waals surface area contributed by atoms with Gasteiger partial charge in [-0.05, 0) is 51.4 Å². The van der Waals surface area contributed by atoms with Crippen molar-refractivity contribution in [2.75, 3.05) is 0 Å². The van der Waals surface area contributed by atoms with Crippen LogP contribution < -0.4 is 0 Å². The van der Waals surface area contributed by atoms with E-state index < -0.39 is 0 Å². The first-order valence-electron chi connectivity index (χ1n) is 22.5. The Morgan fingerprint density at radius 2 is 1.14 bits per heavy atom. The standard InChI is InChI=1S/C29H37.2C10H13.2C5H5.CH2.2ClH.Zr/c1-18-25-22-17-19-13-9-10-14-20(19)24(22)21-15-11-12-16-23(21)29(25,8)28(6,7)27(4,5)26(18,2)3;2*1-10(2,3)9-7-5-4-6-8-9;2*1-2-4-5-3-1;;;;/h9-11,13-15,23H,12,16-17H2,1-8H3;2*5-8H,1-3H3;2*1-3H,4H2;1H2;2*1H;/q5*-1;;;;. The predicted octanol–water partition coefficient (Wildman–Crippen LogP) is 17.0. The van der Waals surface area contributed by atoms with E-state index in [2.05, 4.69) is 198 Å². The van der Waals surface area contributed by atoms with Crippen LogP contribution in [0.4, 0.5) is 0 Å². The molecule has 63 heavy (non-hydrogen) atoms. The number of hydrogen-bond acceptors (Lipinski definition) is 0. The van der Waals surface area contributed by atoms with Gasteiger partial charge in [-0.2, -0.15) is 95.1 Å². The summed E-state index contributed by atoms with van der Waals surface area (Å²) in [5.41, 5.74) is 13.6. The quantitative estimate of drug-likeness (QED) is 0.197. The number of allylic oxidation sites excluding steroid dienone is 14. The molecular weight excluding hydrogens is 883 g/mol. The van der Waals surface area contributed by atoms with E-state index >= 15 is 0 Å². The van der Waals surface area contributed by atoms with Crippen LogP contribution in [-0.4, -0.2) is 4.21 Å². The summed E-state index contributed by atoms with van der Waals surface area (Å²) in [7, 11) is 0. The topological polar surface area (TPSA) is 0 Å². The molecule has 340 valence electrons. The molecule has 3 aromatic rings. The van der Waals surface area contributed by atoms with Crippen molar-refractivity contribution in [3.8, 4) is 0 Å². The van der Waals surface area contributed by atoms with Crippen LogP contribution in [0.5, 0.6) is 0 Å². The van der Waals surface area contributed by atoms with E-state index in [4.69, 9.17) is 0 Å². The first-order valence-corrected chi connectivity index (χ1v) is 24.2. The van der Waals surface area contributed by atoms with Gasteiger partial charge in [0.25, 0.3) is 0 Å². The zero-order valence-corrected chi connectivity index (χ0v) is 45.3. The zero-order valence-electron chi connectivity index (χ0n) is 41.2. The summed E-state index contributed by atoms with van der Waals surface area (Å²) in [6, 6.07) is 31.5. The van der Waals surface area contributed by atoms with Crippen LogP contribution in [0.2, 0.25) is 0 Å². The van der Waals surface area contributed by atoms with Crippen molar-refractivity contribution in [3.05, 3.63) is 191 Å². The van der Waals surface area contributed by atoms with Crippen LogP contribution in [0.25, 0.3) is 5.57 Å². The van der Waals surface area contributed by atoms with E-state index in [1.54, 1.807) is 28.2 Å². The molecule has 0 aliphatic heterocycles. The third-order valence-corrected chi connectivity index (χ3v) is 15.1. The second kappa shape index (κ2) is 23.5. The van der Waals surface area contributed by atoms with E-state index in [1.807, 2.05) is 48.6 Å². The van der Waals surface area contributed by atoms with Crippen molar-refractivity contribution in [2.45, 2.75) is 140 Å². The van der Waals surface area contributed by atoms with Gasteiger partial charge >= 0.3 is 28.4 Å². The minimum atomic E-state index is 0. The maximum absolute atomic E-state index is 3.34. The summed E-state index contributed by atoms with van der Waals surface area (Å²) in [4.78, 5) is 0. The van der Waals surface area contributed by atoms with Gasteiger partial charge in [0.2, 0.25) is 0 Å². The molecule has 0 heterocycles. The number of rotatable bonds is 0. The maximum atomic E-state index is 3.34. The normalized spacial score (nSPS) is 21.8. The fourth-order valence-corrected chi connectivity index (χ4v) is 10.0. The van der Waals surface area contributed by atoms with Crippen molar-refractivity contribution >= 4 is 34.6 Å². The van der Waals surface area contributed by atoms with Crippen LogP contribution in [0.15, 0.2) is 138 Å². The molecule has 6 aliphatic carbocycles. The third-order valence-electron chi connectivity index (χ3n) is 15.1. The van der Waals surface area contributed by atoms with Gasteiger partial charge in [-0.3, -0.25) is 12.2 Å². The van der Waals surface area contributed by atoms with Crippen molar-refractivity contribution in [1.29, 1.82) is 0 Å². The second-order valence-electron chi connectivity index (χ2n) is 20.8. The SMILES string of the molecule is CC(C)(C)c1cc[c-]cc1.CC(C)(C)c1cc[c-]cc1.C[C-]1C2=C3Cc4ccccc4C3=C3C=CCCC3C2(C)C(C)(C)C(C)(C)C1(C)C.Cl.Cl.[C-]1=CC=CC1.[C-]1=CC=CC1.[CH2]=[Zr]. The molecule has 9 rings (SSSR count). The third kappa shape index (κ3) is 12.1. The van der Waals surface area contributed by atoms with Crippen molar-refractivity contribution in [1.82, 2.24) is 0 Å². The molecule has 0 nitrogen and oxygen atoms in total. The molecule has 0 spiro atoms. The van der Waals surface area contributed by atoms with E-state index in [-0.39, 0.29) is 57.3 Å². The molecule has 3 aromatic carbocycles. The monoisotopic (exact) mass is 957 g/mol. The summed E-state index contributed by atoms with van der Waals surface area (Å²) in [6.45, 7) is 33.6. The average Bonchev–Trinajstić information content (AvgIpc) is 4.08. The number of halogens is 2. The molecule has 0 amide bonds. The van der Waals surface area contributed by atoms with Gasteiger partial charge in [-0.1, -0.05) is 155 Å². The van der Waals surface area contributed by atoms with Gasteiger partial charge in [0.15, 0.2) is 0 Å². The van der Waals surface area contributed by atoms with E-state index in [0.717, 1.165) is 19.3 Å². The van der Waals surface area contributed by atoms with Gasteiger partial charge < -0.3 is 0 Å². The first-order chi connectivity index (χ1) is 28.7. The number of fused-ring (bicyclic) bond motifs is 6. The molecular formula is C60H77Cl2Zr-5. The number of benzene rings is 3. The van der Waals surface area contributed by atoms with Crippen LogP contribution in [-0.2, 0) is 41.5 Å². The Morgan fingerprint density at radius 3 is 1.54 bits per heavy atom. The molecule has 6 aliphatic rings. The average molecular weight is 960 g/mol. The summed E-state index contributed by atoms with van der Waals surface area (Å²) in [5, 5.41) is 0. The van der Waals surface area contributed by atoms with Crippen LogP contribution in [0, 0.1) is 57.8 Å². The molecule has 3 heteroatoms. The Labute approximate surface area is 413 Å². The van der Waals surface area contributed by atoms with Crippen LogP contribution in [0.3, 0.4) is 0 Å². The Bertz CT molecular complexity index is 2030. The molecule has 1 fully saturated rings. The number of hydrogen-bond donors (Lipinski definition) is 0. The predicted molar refractivity (Wildman–Crippen MR) is 277 cm³/mol. The molecule has 0 saturated heterocycles. The van der Waals surface area contributed by atoms with Gasteiger partial charge in [-0.25, -0.2) is 30.2 Å². The second-order valence-corrected chi connectivity index (χ2v) is 20.8. The van der Waals surface area contributed by atoms with E-state index in [9.17, 15) is 0 Å². The summed E-state index contributed by atoms with van der Waals surface area (Å²) in [5.74, 6) is 2.24. The van der Waals surface area contributed by atoms with Crippen LogP contribution >= 0.6 is 24.8 Å². The summed E-state index contributed by atoms with van der Waals surface area (Å²) < 4.78 is 3.34. The van der Waals surface area contributed by atoms with Crippen molar-refractivity contribution < 1.29 is 24.2 Å². The first kappa shape index (κ1) is 56.2. The van der Waals surface area contributed by atoms with Gasteiger partial charge in [0, 0.05) is 0 Å². The molecule has 0 aromatic heterocycles. The van der Waals surface area contributed by atoms with Gasteiger partial charge in [0.1, 0.15) is 0 Å². The molecule has 0 bridgehead atoms. The van der Waals surface area contributed by atoms with Crippen molar-refractivity contribution in [2.24, 2.45) is 27.6 Å². The molecule has 1 saturated carbocycles.